The van der Waals surface area contributed by atoms with E-state index in [2.05, 4.69) is 28.2 Å². The van der Waals surface area contributed by atoms with Crippen molar-refractivity contribution in [1.82, 2.24) is 10.3 Å². The van der Waals surface area contributed by atoms with Crippen LogP contribution in [0.15, 0.2) is 18.3 Å². The van der Waals surface area contributed by atoms with E-state index >= 15 is 0 Å². The number of hydrogen-bond acceptors (Lipinski definition) is 4. The second-order valence-corrected chi connectivity index (χ2v) is 3.73. The number of aromatic nitrogens is 1. The van der Waals surface area contributed by atoms with Crippen LogP contribution in [0.4, 0.5) is 5.82 Å². The Morgan fingerprint density at radius 2 is 2.25 bits per heavy atom. The van der Waals surface area contributed by atoms with Crippen molar-refractivity contribution in [2.24, 2.45) is 0 Å². The molecular formula is C12H21N3O. The fraction of sp³-hybridized carbons (Fsp3) is 0.583. The van der Waals surface area contributed by atoms with Gasteiger partial charge in [0.2, 0.25) is 0 Å². The molecule has 0 atom stereocenters. The summed E-state index contributed by atoms with van der Waals surface area (Å²) < 4.78 is 0. The van der Waals surface area contributed by atoms with Crippen LogP contribution in [0, 0.1) is 0 Å². The van der Waals surface area contributed by atoms with Crippen molar-refractivity contribution in [3.63, 3.8) is 0 Å². The number of aliphatic hydroxyl groups excluding tert-OH is 1. The third kappa shape index (κ3) is 3.47. The Kier molecular flexibility index (Phi) is 5.82. The van der Waals surface area contributed by atoms with Gasteiger partial charge in [0.05, 0.1) is 6.61 Å². The third-order valence-corrected chi connectivity index (χ3v) is 2.40. The van der Waals surface area contributed by atoms with Crippen LogP contribution in [0.2, 0.25) is 0 Å². The van der Waals surface area contributed by atoms with Crippen LogP contribution in [0.5, 0.6) is 0 Å². The van der Waals surface area contributed by atoms with Crippen molar-refractivity contribution in [2.75, 3.05) is 31.6 Å². The summed E-state index contributed by atoms with van der Waals surface area (Å²) in [6.07, 6.45) is 2.85. The Hall–Kier alpha value is -1.13. The molecule has 2 N–H and O–H groups in total. The highest BCUT2D eigenvalue weighted by molar-refractivity contribution is 5.46. The first-order valence-electron chi connectivity index (χ1n) is 5.77. The first-order valence-corrected chi connectivity index (χ1v) is 5.77. The summed E-state index contributed by atoms with van der Waals surface area (Å²) in [4.78, 5) is 6.54. The highest BCUT2D eigenvalue weighted by atomic mass is 16.3. The molecule has 0 radical (unpaired) electrons. The van der Waals surface area contributed by atoms with Gasteiger partial charge in [-0.25, -0.2) is 4.98 Å². The maximum atomic E-state index is 9.06. The molecule has 0 aliphatic carbocycles. The van der Waals surface area contributed by atoms with E-state index in [9.17, 15) is 0 Å². The predicted molar refractivity (Wildman–Crippen MR) is 66.6 cm³/mol. The van der Waals surface area contributed by atoms with Gasteiger partial charge in [-0.1, -0.05) is 13.0 Å². The minimum absolute atomic E-state index is 0.162. The lowest BCUT2D eigenvalue weighted by atomic mass is 10.2. The second kappa shape index (κ2) is 7.19. The van der Waals surface area contributed by atoms with Gasteiger partial charge in [-0.15, -0.1) is 0 Å². The van der Waals surface area contributed by atoms with Gasteiger partial charge < -0.3 is 15.3 Å². The molecule has 0 aliphatic rings. The largest absolute Gasteiger partial charge is 0.395 e. The highest BCUT2D eigenvalue weighted by Gasteiger charge is 2.10. The Balaban J connectivity index is 2.87. The monoisotopic (exact) mass is 223 g/mol. The number of hydrogen-bond donors (Lipinski definition) is 2. The standard InChI is InChI=1S/C12H21N3O/c1-3-7-15(8-9-16)12-11(10-13-2)5-4-6-14-12/h4-6,13,16H,3,7-10H2,1-2H3. The van der Waals surface area contributed by atoms with E-state index < -0.39 is 0 Å². The Labute approximate surface area is 97.3 Å². The molecular weight excluding hydrogens is 202 g/mol. The molecule has 0 aromatic carbocycles. The van der Waals surface area contributed by atoms with Crippen LogP contribution in [0.3, 0.4) is 0 Å². The van der Waals surface area contributed by atoms with E-state index in [1.807, 2.05) is 13.1 Å². The maximum absolute atomic E-state index is 9.06. The zero-order valence-corrected chi connectivity index (χ0v) is 10.1. The van der Waals surface area contributed by atoms with E-state index in [4.69, 9.17) is 5.11 Å². The van der Waals surface area contributed by atoms with E-state index in [-0.39, 0.29) is 6.61 Å². The number of rotatable bonds is 7. The fourth-order valence-corrected chi connectivity index (χ4v) is 1.76. The molecule has 0 spiro atoms. The molecule has 0 saturated heterocycles. The summed E-state index contributed by atoms with van der Waals surface area (Å²) in [5.41, 5.74) is 1.17. The number of anilines is 1. The lowest BCUT2D eigenvalue weighted by molar-refractivity contribution is 0.301. The number of nitrogens with zero attached hydrogens (tertiary/aromatic N) is 2. The number of nitrogens with one attached hydrogen (secondary N) is 1. The lowest BCUT2D eigenvalue weighted by Crippen LogP contribution is -2.29. The van der Waals surface area contributed by atoms with E-state index in [0.29, 0.717) is 6.54 Å². The topological polar surface area (TPSA) is 48.4 Å². The minimum Gasteiger partial charge on any atom is -0.395 e. The van der Waals surface area contributed by atoms with E-state index in [0.717, 1.165) is 25.3 Å². The molecule has 1 heterocycles. The summed E-state index contributed by atoms with van der Waals surface area (Å²) in [6.45, 7) is 4.66. The molecule has 0 fully saturated rings. The van der Waals surface area contributed by atoms with Crippen molar-refractivity contribution in [2.45, 2.75) is 19.9 Å². The molecule has 0 bridgehead atoms. The molecule has 0 aliphatic heterocycles. The molecule has 0 saturated carbocycles. The molecule has 1 rings (SSSR count). The van der Waals surface area contributed by atoms with Gasteiger partial charge in [-0.05, 0) is 19.5 Å². The van der Waals surface area contributed by atoms with Gasteiger partial charge in [0, 0.05) is 31.4 Å². The molecule has 1 aromatic rings. The molecule has 4 heteroatoms. The average molecular weight is 223 g/mol. The van der Waals surface area contributed by atoms with Crippen molar-refractivity contribution >= 4 is 5.82 Å². The number of pyridine rings is 1. The normalized spacial score (nSPS) is 10.4. The summed E-state index contributed by atoms with van der Waals surface area (Å²) >= 11 is 0. The van der Waals surface area contributed by atoms with Crippen molar-refractivity contribution in [1.29, 1.82) is 0 Å². The van der Waals surface area contributed by atoms with Gasteiger partial charge in [-0.2, -0.15) is 0 Å². The molecule has 16 heavy (non-hydrogen) atoms. The first-order chi connectivity index (χ1) is 7.83. The van der Waals surface area contributed by atoms with Gasteiger partial charge in [0.1, 0.15) is 5.82 Å². The quantitative estimate of drug-likeness (QED) is 0.724. The SMILES string of the molecule is CCCN(CCO)c1ncccc1CNC. The van der Waals surface area contributed by atoms with Crippen LogP contribution < -0.4 is 10.2 Å². The van der Waals surface area contributed by atoms with Crippen molar-refractivity contribution < 1.29 is 5.11 Å². The van der Waals surface area contributed by atoms with Crippen molar-refractivity contribution in [3.05, 3.63) is 23.9 Å². The predicted octanol–water partition coefficient (Wildman–Crippen LogP) is 1.01. The Morgan fingerprint density at radius 3 is 2.88 bits per heavy atom. The van der Waals surface area contributed by atoms with Crippen LogP contribution in [0.25, 0.3) is 0 Å². The second-order valence-electron chi connectivity index (χ2n) is 3.73. The molecule has 4 nitrogen and oxygen atoms in total. The third-order valence-electron chi connectivity index (χ3n) is 2.40. The molecule has 0 amide bonds. The van der Waals surface area contributed by atoms with Gasteiger partial charge in [0.15, 0.2) is 0 Å². The summed E-state index contributed by atoms with van der Waals surface area (Å²) in [5.74, 6) is 0.979. The van der Waals surface area contributed by atoms with Crippen molar-refractivity contribution in [3.8, 4) is 0 Å². The Morgan fingerprint density at radius 1 is 1.44 bits per heavy atom. The van der Waals surface area contributed by atoms with Crippen LogP contribution in [-0.2, 0) is 6.54 Å². The van der Waals surface area contributed by atoms with Crippen LogP contribution in [0.1, 0.15) is 18.9 Å². The fourth-order valence-electron chi connectivity index (χ4n) is 1.76. The van der Waals surface area contributed by atoms with E-state index in [1.54, 1.807) is 6.20 Å². The average Bonchev–Trinajstić information content (AvgIpc) is 2.30. The van der Waals surface area contributed by atoms with E-state index in [1.165, 1.54) is 5.56 Å². The highest BCUT2D eigenvalue weighted by Crippen LogP contribution is 2.16. The zero-order chi connectivity index (χ0) is 11.8. The van der Waals surface area contributed by atoms with Gasteiger partial charge in [-0.3, -0.25) is 0 Å². The van der Waals surface area contributed by atoms with Gasteiger partial charge >= 0.3 is 0 Å². The summed E-state index contributed by atoms with van der Waals surface area (Å²) in [5, 5.41) is 12.2. The smallest absolute Gasteiger partial charge is 0.133 e. The maximum Gasteiger partial charge on any atom is 0.133 e. The molecule has 90 valence electrons. The van der Waals surface area contributed by atoms with Gasteiger partial charge in [0.25, 0.3) is 0 Å². The van der Waals surface area contributed by atoms with Crippen LogP contribution in [-0.4, -0.2) is 36.8 Å². The zero-order valence-electron chi connectivity index (χ0n) is 10.1. The summed E-state index contributed by atoms with van der Waals surface area (Å²) in [7, 11) is 1.92. The van der Waals surface area contributed by atoms with Crippen LogP contribution >= 0.6 is 0 Å². The first kappa shape index (κ1) is 12.9. The Bertz CT molecular complexity index is 298. The number of aliphatic hydroxyl groups is 1. The molecule has 0 unspecified atom stereocenters. The summed E-state index contributed by atoms with van der Waals surface area (Å²) in [6, 6.07) is 4.01. The molecule has 1 aromatic heterocycles. The lowest BCUT2D eigenvalue weighted by Gasteiger charge is -2.24. The minimum atomic E-state index is 0.162.